The van der Waals surface area contributed by atoms with Gasteiger partial charge in [0.1, 0.15) is 0 Å². The summed E-state index contributed by atoms with van der Waals surface area (Å²) in [5.74, 6) is 0. The van der Waals surface area contributed by atoms with E-state index in [0.717, 1.165) is 6.54 Å². The molecule has 0 bridgehead atoms. The number of hydrogen-bond acceptors (Lipinski definition) is 2. The zero-order valence-corrected chi connectivity index (χ0v) is 11.9. The van der Waals surface area contributed by atoms with E-state index in [1.807, 2.05) is 6.07 Å². The Balaban J connectivity index is 2.78. The lowest BCUT2D eigenvalue weighted by Crippen LogP contribution is -2.31. The van der Waals surface area contributed by atoms with Gasteiger partial charge in [0.25, 0.3) is 0 Å². The van der Waals surface area contributed by atoms with Crippen LogP contribution in [0.3, 0.4) is 0 Å². The van der Waals surface area contributed by atoms with Gasteiger partial charge in [-0.15, -0.1) is 0 Å². The van der Waals surface area contributed by atoms with Gasteiger partial charge in [-0.1, -0.05) is 49.2 Å². The van der Waals surface area contributed by atoms with E-state index in [0.29, 0.717) is 28.1 Å². The number of hydrogen-bond donors (Lipinski definition) is 2. The number of halogens is 2. The molecule has 0 aliphatic carbocycles. The average Bonchev–Trinajstić information content (AvgIpc) is 2.21. The molecule has 0 amide bonds. The van der Waals surface area contributed by atoms with Crippen LogP contribution < -0.4 is 5.32 Å². The Kier molecular flexibility index (Phi) is 5.26. The molecule has 0 aromatic heterocycles. The number of benzene rings is 1. The second-order valence-electron chi connectivity index (χ2n) is 4.73. The highest BCUT2D eigenvalue weighted by molar-refractivity contribution is 6.42. The van der Waals surface area contributed by atoms with Crippen molar-refractivity contribution in [3.63, 3.8) is 0 Å². The molecule has 0 aliphatic heterocycles. The first-order chi connectivity index (χ1) is 7.84. The van der Waals surface area contributed by atoms with Gasteiger partial charge in [0.05, 0.1) is 15.6 Å². The molecular formula is C13H19Cl2NO. The summed E-state index contributed by atoms with van der Waals surface area (Å²) in [6.07, 6.45) is 0.589. The standard InChI is InChI=1S/C13H19Cl2NO/c1-9(2)16-8-7-13(3,17)10-5-4-6-11(14)12(10)15/h4-6,9,16-17H,7-8H2,1-3H3. The minimum absolute atomic E-state index is 0.403. The molecule has 17 heavy (non-hydrogen) atoms. The number of nitrogens with one attached hydrogen (secondary N) is 1. The second kappa shape index (κ2) is 6.05. The molecule has 96 valence electrons. The fraction of sp³-hybridized carbons (Fsp3) is 0.538. The Morgan fingerprint density at radius 2 is 2.00 bits per heavy atom. The molecule has 2 N–H and O–H groups in total. The third kappa shape index (κ3) is 4.14. The maximum atomic E-state index is 10.4. The van der Waals surface area contributed by atoms with Gasteiger partial charge in [-0.25, -0.2) is 0 Å². The first-order valence-corrected chi connectivity index (χ1v) is 6.50. The quantitative estimate of drug-likeness (QED) is 0.861. The predicted molar refractivity (Wildman–Crippen MR) is 73.8 cm³/mol. The van der Waals surface area contributed by atoms with E-state index < -0.39 is 5.60 Å². The molecule has 1 unspecified atom stereocenters. The Bertz CT molecular complexity index is 378. The van der Waals surface area contributed by atoms with Crippen molar-refractivity contribution in [2.24, 2.45) is 0 Å². The van der Waals surface area contributed by atoms with E-state index in [4.69, 9.17) is 23.2 Å². The topological polar surface area (TPSA) is 32.3 Å². The van der Waals surface area contributed by atoms with Crippen LogP contribution in [-0.4, -0.2) is 17.7 Å². The third-order valence-electron chi connectivity index (χ3n) is 2.70. The summed E-state index contributed by atoms with van der Waals surface area (Å²) in [6.45, 7) is 6.63. The van der Waals surface area contributed by atoms with Crippen LogP contribution in [0.2, 0.25) is 10.0 Å². The fourth-order valence-electron chi connectivity index (χ4n) is 1.66. The van der Waals surface area contributed by atoms with Crippen molar-refractivity contribution in [1.82, 2.24) is 5.32 Å². The highest BCUT2D eigenvalue weighted by atomic mass is 35.5. The van der Waals surface area contributed by atoms with Crippen molar-refractivity contribution in [3.05, 3.63) is 33.8 Å². The Morgan fingerprint density at radius 3 is 2.59 bits per heavy atom. The van der Waals surface area contributed by atoms with Crippen LogP contribution in [-0.2, 0) is 5.60 Å². The second-order valence-corrected chi connectivity index (χ2v) is 5.52. The molecule has 4 heteroatoms. The maximum absolute atomic E-state index is 10.4. The van der Waals surface area contributed by atoms with Crippen LogP contribution in [0.25, 0.3) is 0 Å². The molecule has 2 nitrogen and oxygen atoms in total. The summed E-state index contributed by atoms with van der Waals surface area (Å²) in [7, 11) is 0. The van der Waals surface area contributed by atoms with E-state index >= 15 is 0 Å². The van der Waals surface area contributed by atoms with E-state index in [9.17, 15) is 5.11 Å². The van der Waals surface area contributed by atoms with Gasteiger partial charge in [0.15, 0.2) is 0 Å². The lowest BCUT2D eigenvalue weighted by atomic mass is 9.92. The van der Waals surface area contributed by atoms with Gasteiger partial charge in [-0.05, 0) is 26.0 Å². The normalized spacial score (nSPS) is 15.0. The number of aliphatic hydroxyl groups is 1. The molecule has 0 aliphatic rings. The molecule has 1 aromatic rings. The minimum Gasteiger partial charge on any atom is -0.385 e. The van der Waals surface area contributed by atoms with Gasteiger partial charge in [-0.2, -0.15) is 0 Å². The summed E-state index contributed by atoms with van der Waals surface area (Å²) in [6, 6.07) is 5.73. The summed E-state index contributed by atoms with van der Waals surface area (Å²) in [5.41, 5.74) is -0.290. The van der Waals surface area contributed by atoms with Gasteiger partial charge in [-0.3, -0.25) is 0 Å². The van der Waals surface area contributed by atoms with E-state index in [1.165, 1.54) is 0 Å². The largest absolute Gasteiger partial charge is 0.385 e. The molecule has 0 fully saturated rings. The SMILES string of the molecule is CC(C)NCCC(C)(O)c1cccc(Cl)c1Cl. The summed E-state index contributed by atoms with van der Waals surface area (Å²) < 4.78 is 0. The molecular weight excluding hydrogens is 257 g/mol. The van der Waals surface area contributed by atoms with Crippen molar-refractivity contribution in [2.75, 3.05) is 6.54 Å². The summed E-state index contributed by atoms with van der Waals surface area (Å²) >= 11 is 12.1. The Morgan fingerprint density at radius 1 is 1.35 bits per heavy atom. The molecule has 0 heterocycles. The minimum atomic E-state index is -0.968. The monoisotopic (exact) mass is 275 g/mol. The Hall–Kier alpha value is -0.280. The van der Waals surface area contributed by atoms with E-state index in [2.05, 4.69) is 19.2 Å². The lowest BCUT2D eigenvalue weighted by molar-refractivity contribution is 0.0476. The zero-order chi connectivity index (χ0) is 13.1. The van der Waals surface area contributed by atoms with E-state index in [1.54, 1.807) is 19.1 Å². The summed E-state index contributed by atoms with van der Waals surface area (Å²) in [5, 5.41) is 14.6. The van der Waals surface area contributed by atoms with Crippen LogP contribution in [0.1, 0.15) is 32.8 Å². The van der Waals surface area contributed by atoms with Crippen LogP contribution in [0.15, 0.2) is 18.2 Å². The number of rotatable bonds is 5. The molecule has 1 atom stereocenters. The van der Waals surface area contributed by atoms with Crippen LogP contribution in [0.5, 0.6) is 0 Å². The van der Waals surface area contributed by atoms with Gasteiger partial charge < -0.3 is 10.4 Å². The summed E-state index contributed by atoms with van der Waals surface area (Å²) in [4.78, 5) is 0. The zero-order valence-electron chi connectivity index (χ0n) is 10.4. The predicted octanol–water partition coefficient (Wildman–Crippen LogP) is 3.59. The molecule has 0 saturated heterocycles. The fourth-order valence-corrected chi connectivity index (χ4v) is 2.16. The van der Waals surface area contributed by atoms with Crippen LogP contribution in [0.4, 0.5) is 0 Å². The van der Waals surface area contributed by atoms with Crippen molar-refractivity contribution in [2.45, 2.75) is 38.8 Å². The highest BCUT2D eigenvalue weighted by Crippen LogP contribution is 2.34. The smallest absolute Gasteiger partial charge is 0.0895 e. The molecule has 1 rings (SSSR count). The van der Waals surface area contributed by atoms with Crippen molar-refractivity contribution in [3.8, 4) is 0 Å². The molecule has 1 aromatic carbocycles. The molecule has 0 saturated carbocycles. The van der Waals surface area contributed by atoms with Gasteiger partial charge in [0.2, 0.25) is 0 Å². The van der Waals surface area contributed by atoms with Crippen molar-refractivity contribution >= 4 is 23.2 Å². The van der Waals surface area contributed by atoms with E-state index in [-0.39, 0.29) is 0 Å². The van der Waals surface area contributed by atoms with Gasteiger partial charge in [0, 0.05) is 11.6 Å². The maximum Gasteiger partial charge on any atom is 0.0895 e. The first-order valence-electron chi connectivity index (χ1n) is 5.75. The average molecular weight is 276 g/mol. The third-order valence-corrected chi connectivity index (χ3v) is 3.52. The first kappa shape index (κ1) is 14.8. The Labute approximate surface area is 113 Å². The lowest BCUT2D eigenvalue weighted by Gasteiger charge is -2.26. The molecule has 0 radical (unpaired) electrons. The van der Waals surface area contributed by atoms with Crippen molar-refractivity contribution in [1.29, 1.82) is 0 Å². The van der Waals surface area contributed by atoms with Crippen molar-refractivity contribution < 1.29 is 5.11 Å². The highest BCUT2D eigenvalue weighted by Gasteiger charge is 2.26. The molecule has 0 spiro atoms. The van der Waals surface area contributed by atoms with Gasteiger partial charge >= 0.3 is 0 Å². The van der Waals surface area contributed by atoms with Crippen LogP contribution in [0, 0.1) is 0 Å². The van der Waals surface area contributed by atoms with Crippen LogP contribution >= 0.6 is 23.2 Å².